The highest BCUT2D eigenvalue weighted by atomic mass is 35.5. The zero-order valence-corrected chi connectivity index (χ0v) is 11.0. The van der Waals surface area contributed by atoms with Crippen LogP contribution in [0.25, 0.3) is 0 Å². The van der Waals surface area contributed by atoms with Gasteiger partial charge in [-0.1, -0.05) is 11.6 Å². The number of amides is 1. The third-order valence-electron chi connectivity index (χ3n) is 2.43. The van der Waals surface area contributed by atoms with Crippen molar-refractivity contribution in [2.24, 2.45) is 7.05 Å². The number of hydrogen-bond acceptors (Lipinski definition) is 3. The molecule has 0 aliphatic heterocycles. The molecule has 0 atom stereocenters. The number of aryl methyl sites for hydroxylation is 2. The zero-order valence-electron chi connectivity index (χ0n) is 10.2. The zero-order chi connectivity index (χ0) is 13.1. The van der Waals surface area contributed by atoms with Gasteiger partial charge in [0.25, 0.3) is 0 Å². The van der Waals surface area contributed by atoms with Crippen LogP contribution in [0.2, 0.25) is 5.02 Å². The second-order valence-electron chi connectivity index (χ2n) is 4.02. The maximum Gasteiger partial charge on any atom is 0.242 e. The van der Waals surface area contributed by atoms with Crippen LogP contribution in [0.1, 0.15) is 11.4 Å². The van der Waals surface area contributed by atoms with Crippen LogP contribution >= 0.6 is 11.6 Å². The molecule has 96 valence electrons. The number of rotatable bonds is 4. The predicted octanol–water partition coefficient (Wildman–Crippen LogP) is 0.895. The monoisotopic (exact) mass is 267 g/mol. The van der Waals surface area contributed by atoms with E-state index in [2.05, 4.69) is 15.5 Å². The van der Waals surface area contributed by atoms with Gasteiger partial charge in [-0.2, -0.15) is 10.2 Å². The summed E-state index contributed by atoms with van der Waals surface area (Å²) in [5.41, 5.74) is 1.54. The number of hydrogen-bond donors (Lipinski definition) is 1. The van der Waals surface area contributed by atoms with E-state index in [-0.39, 0.29) is 12.5 Å². The second kappa shape index (κ2) is 5.22. The molecule has 2 heterocycles. The van der Waals surface area contributed by atoms with Crippen LogP contribution in [-0.4, -0.2) is 25.5 Å². The van der Waals surface area contributed by atoms with E-state index in [1.807, 2.05) is 19.3 Å². The quantitative estimate of drug-likeness (QED) is 0.895. The average molecular weight is 268 g/mol. The summed E-state index contributed by atoms with van der Waals surface area (Å²) in [6.07, 6.45) is 3.47. The maximum atomic E-state index is 11.7. The summed E-state index contributed by atoms with van der Waals surface area (Å²) in [6.45, 7) is 2.36. The number of aromatic nitrogens is 4. The van der Waals surface area contributed by atoms with Crippen molar-refractivity contribution in [3.8, 4) is 0 Å². The summed E-state index contributed by atoms with van der Waals surface area (Å²) in [5.74, 6) is -0.125. The van der Waals surface area contributed by atoms with Gasteiger partial charge in [-0.05, 0) is 13.0 Å². The van der Waals surface area contributed by atoms with E-state index in [1.54, 1.807) is 17.8 Å². The van der Waals surface area contributed by atoms with Crippen molar-refractivity contribution in [3.63, 3.8) is 0 Å². The Bertz CT molecular complexity index is 540. The lowest BCUT2D eigenvalue weighted by molar-refractivity contribution is -0.122. The molecule has 2 aromatic heterocycles. The first-order valence-electron chi connectivity index (χ1n) is 5.49. The lowest BCUT2D eigenvalue weighted by Crippen LogP contribution is -2.27. The fourth-order valence-electron chi connectivity index (χ4n) is 1.52. The Labute approximate surface area is 110 Å². The Morgan fingerprint density at radius 2 is 2.28 bits per heavy atom. The summed E-state index contributed by atoms with van der Waals surface area (Å²) in [5, 5.41) is 11.6. The van der Waals surface area contributed by atoms with Crippen molar-refractivity contribution < 1.29 is 4.79 Å². The molecule has 7 heteroatoms. The van der Waals surface area contributed by atoms with Crippen molar-refractivity contribution in [1.82, 2.24) is 24.9 Å². The molecule has 2 aromatic rings. The molecule has 2 rings (SSSR count). The molecule has 0 spiro atoms. The van der Waals surface area contributed by atoms with Crippen LogP contribution in [0.4, 0.5) is 0 Å². The van der Waals surface area contributed by atoms with E-state index in [1.165, 1.54) is 4.68 Å². The number of carbonyl (C=O) groups is 1. The molecule has 0 bridgehead atoms. The molecular formula is C11H14ClN5O. The number of carbonyl (C=O) groups excluding carboxylic acids is 1. The summed E-state index contributed by atoms with van der Waals surface area (Å²) in [6, 6.07) is 1.86. The van der Waals surface area contributed by atoms with E-state index >= 15 is 0 Å². The topological polar surface area (TPSA) is 64.7 Å². The van der Waals surface area contributed by atoms with Gasteiger partial charge in [-0.25, -0.2) is 0 Å². The van der Waals surface area contributed by atoms with Crippen LogP contribution in [0.15, 0.2) is 18.5 Å². The second-order valence-corrected chi connectivity index (χ2v) is 4.42. The van der Waals surface area contributed by atoms with Gasteiger partial charge in [-0.3, -0.25) is 14.2 Å². The third-order valence-corrected chi connectivity index (χ3v) is 2.80. The minimum atomic E-state index is -0.125. The Morgan fingerprint density at radius 1 is 1.50 bits per heavy atom. The standard InChI is InChI=1S/C11H14ClN5O/c1-8-10(12)6-17(14-8)7-11(18)13-5-9-3-4-16(2)15-9/h3-4,6H,5,7H2,1-2H3,(H,13,18). The smallest absolute Gasteiger partial charge is 0.242 e. The van der Waals surface area contributed by atoms with E-state index in [9.17, 15) is 4.79 Å². The largest absolute Gasteiger partial charge is 0.349 e. The summed E-state index contributed by atoms with van der Waals surface area (Å²) in [4.78, 5) is 11.7. The summed E-state index contributed by atoms with van der Waals surface area (Å²) < 4.78 is 3.21. The van der Waals surface area contributed by atoms with Gasteiger partial charge in [0.15, 0.2) is 0 Å². The van der Waals surface area contributed by atoms with Crippen molar-refractivity contribution in [2.45, 2.75) is 20.0 Å². The highest BCUT2D eigenvalue weighted by molar-refractivity contribution is 6.31. The lowest BCUT2D eigenvalue weighted by Gasteiger charge is -2.03. The molecule has 0 saturated heterocycles. The van der Waals surface area contributed by atoms with E-state index in [0.717, 1.165) is 5.69 Å². The first-order chi connectivity index (χ1) is 8.54. The third kappa shape index (κ3) is 3.10. The van der Waals surface area contributed by atoms with Crippen LogP contribution in [0.3, 0.4) is 0 Å². The Hall–Kier alpha value is -1.82. The summed E-state index contributed by atoms with van der Waals surface area (Å²) >= 11 is 5.86. The molecule has 6 nitrogen and oxygen atoms in total. The maximum absolute atomic E-state index is 11.7. The fraction of sp³-hybridized carbons (Fsp3) is 0.364. The Kier molecular flexibility index (Phi) is 3.66. The van der Waals surface area contributed by atoms with Crippen LogP contribution in [0, 0.1) is 6.92 Å². The van der Waals surface area contributed by atoms with Gasteiger partial charge < -0.3 is 5.32 Å². The van der Waals surface area contributed by atoms with Crippen molar-refractivity contribution in [2.75, 3.05) is 0 Å². The molecule has 0 saturated carbocycles. The average Bonchev–Trinajstić information content (AvgIpc) is 2.84. The Morgan fingerprint density at radius 3 is 2.83 bits per heavy atom. The number of halogens is 1. The molecule has 18 heavy (non-hydrogen) atoms. The Balaban J connectivity index is 1.85. The minimum absolute atomic E-state index is 0.125. The first-order valence-corrected chi connectivity index (χ1v) is 5.87. The highest BCUT2D eigenvalue weighted by Gasteiger charge is 2.07. The molecule has 0 unspecified atom stereocenters. The highest BCUT2D eigenvalue weighted by Crippen LogP contribution is 2.11. The molecule has 0 aliphatic carbocycles. The normalized spacial score (nSPS) is 10.6. The molecule has 1 N–H and O–H groups in total. The number of nitrogens with one attached hydrogen (secondary N) is 1. The molecule has 0 fully saturated rings. The predicted molar refractivity (Wildman–Crippen MR) is 67.0 cm³/mol. The van der Waals surface area contributed by atoms with Crippen molar-refractivity contribution in [1.29, 1.82) is 0 Å². The van der Waals surface area contributed by atoms with Crippen LogP contribution in [-0.2, 0) is 24.9 Å². The molecule has 0 aliphatic rings. The van der Waals surface area contributed by atoms with Gasteiger partial charge >= 0.3 is 0 Å². The van der Waals surface area contributed by atoms with E-state index in [4.69, 9.17) is 11.6 Å². The molecule has 0 radical (unpaired) electrons. The summed E-state index contributed by atoms with van der Waals surface area (Å²) in [7, 11) is 1.83. The fourth-order valence-corrected chi connectivity index (χ4v) is 1.67. The first kappa shape index (κ1) is 12.6. The molecule has 1 amide bonds. The number of nitrogens with zero attached hydrogens (tertiary/aromatic N) is 4. The van der Waals surface area contributed by atoms with Crippen molar-refractivity contribution >= 4 is 17.5 Å². The van der Waals surface area contributed by atoms with E-state index < -0.39 is 0 Å². The van der Waals surface area contributed by atoms with Crippen molar-refractivity contribution in [3.05, 3.63) is 34.9 Å². The van der Waals surface area contributed by atoms with Crippen LogP contribution in [0.5, 0.6) is 0 Å². The minimum Gasteiger partial charge on any atom is -0.349 e. The lowest BCUT2D eigenvalue weighted by atomic mass is 10.4. The molecule has 0 aromatic carbocycles. The van der Waals surface area contributed by atoms with Gasteiger partial charge in [0, 0.05) is 19.4 Å². The molecular weight excluding hydrogens is 254 g/mol. The SMILES string of the molecule is Cc1nn(CC(=O)NCc2ccn(C)n2)cc1Cl. The van der Waals surface area contributed by atoms with Gasteiger partial charge in [0.1, 0.15) is 6.54 Å². The van der Waals surface area contributed by atoms with E-state index in [0.29, 0.717) is 17.3 Å². The van der Waals surface area contributed by atoms with Gasteiger partial charge in [-0.15, -0.1) is 0 Å². The van der Waals surface area contributed by atoms with Gasteiger partial charge in [0.2, 0.25) is 5.91 Å². The van der Waals surface area contributed by atoms with Gasteiger partial charge in [0.05, 0.1) is 23.0 Å². The van der Waals surface area contributed by atoms with Crippen LogP contribution < -0.4 is 5.32 Å².